The van der Waals surface area contributed by atoms with Crippen LogP contribution in [-0.2, 0) is 0 Å². The summed E-state index contributed by atoms with van der Waals surface area (Å²) in [6.07, 6.45) is 0. The number of rotatable bonds is 7. The van der Waals surface area contributed by atoms with Gasteiger partial charge in [0.15, 0.2) is 5.75 Å². The maximum atomic E-state index is 12.8. The Balaban J connectivity index is 1.71. The summed E-state index contributed by atoms with van der Waals surface area (Å²) in [4.78, 5) is 24.5. The fourth-order valence-electron chi connectivity index (χ4n) is 3.64. The van der Waals surface area contributed by atoms with Crippen molar-refractivity contribution < 1.29 is 24.2 Å². The molecule has 0 aliphatic rings. The van der Waals surface area contributed by atoms with E-state index in [2.05, 4.69) is 16.7 Å². The molecule has 4 aromatic carbocycles. The van der Waals surface area contributed by atoms with E-state index in [-0.39, 0.29) is 11.3 Å². The van der Waals surface area contributed by atoms with Gasteiger partial charge in [0.25, 0.3) is 0 Å². The van der Waals surface area contributed by atoms with Gasteiger partial charge in [0.2, 0.25) is 0 Å². The van der Waals surface area contributed by atoms with Gasteiger partial charge in [-0.2, -0.15) is 5.26 Å². The van der Waals surface area contributed by atoms with Crippen molar-refractivity contribution in [1.82, 2.24) is 0 Å². The number of urea groups is 1. The highest BCUT2D eigenvalue weighted by Crippen LogP contribution is 2.36. The Labute approximate surface area is 213 Å². The summed E-state index contributed by atoms with van der Waals surface area (Å²) < 4.78 is 11.2. The molecular formula is C29H23N3O5. The van der Waals surface area contributed by atoms with E-state index in [0.717, 1.165) is 5.56 Å². The Kier molecular flexibility index (Phi) is 7.36. The molecule has 0 atom stereocenters. The molecular weight excluding hydrogens is 470 g/mol. The number of carbonyl (C=O) groups is 2. The summed E-state index contributed by atoms with van der Waals surface area (Å²) in [6.45, 7) is 1.95. The number of methoxy groups -OCH3 is 1. The average molecular weight is 494 g/mol. The van der Waals surface area contributed by atoms with Crippen molar-refractivity contribution in [3.05, 3.63) is 102 Å². The van der Waals surface area contributed by atoms with E-state index < -0.39 is 12.0 Å². The van der Waals surface area contributed by atoms with Crippen molar-refractivity contribution in [1.29, 1.82) is 5.26 Å². The second kappa shape index (κ2) is 11.0. The average Bonchev–Trinajstić information content (AvgIpc) is 2.90. The zero-order valence-electron chi connectivity index (χ0n) is 20.1. The van der Waals surface area contributed by atoms with E-state index in [9.17, 15) is 20.0 Å². The first-order valence-electron chi connectivity index (χ1n) is 11.3. The Morgan fingerprint density at radius 2 is 1.51 bits per heavy atom. The van der Waals surface area contributed by atoms with E-state index in [0.29, 0.717) is 39.6 Å². The summed E-state index contributed by atoms with van der Waals surface area (Å²) in [7, 11) is 1.40. The van der Waals surface area contributed by atoms with Gasteiger partial charge in [-0.1, -0.05) is 42.0 Å². The molecule has 0 unspecified atom stereocenters. The molecule has 3 N–H and O–H groups in total. The molecule has 184 valence electrons. The monoisotopic (exact) mass is 493 g/mol. The number of anilines is 2. The van der Waals surface area contributed by atoms with E-state index >= 15 is 0 Å². The third-order valence-electron chi connectivity index (χ3n) is 5.53. The van der Waals surface area contributed by atoms with E-state index in [1.807, 2.05) is 19.1 Å². The predicted molar refractivity (Wildman–Crippen MR) is 140 cm³/mol. The number of hydrogen-bond donors (Lipinski definition) is 3. The number of para-hydroxylation sites is 1. The van der Waals surface area contributed by atoms with Crippen LogP contribution in [0.4, 0.5) is 16.2 Å². The molecule has 0 aliphatic carbocycles. The number of benzene rings is 4. The second-order valence-corrected chi connectivity index (χ2v) is 8.09. The maximum absolute atomic E-state index is 12.8. The Morgan fingerprint density at radius 1 is 0.838 bits per heavy atom. The standard InChI is InChI=1S/C29H23N3O5/c1-18-7-11-22(12-8-18)31-29(35)32-24-16-20(19-9-13-26(36-2)23(15-19)28(33)34)10-14-27(24)37-25-6-4-3-5-21(25)17-30/h3-16H,1-2H3,(H,33,34)(H2,31,32,35). The predicted octanol–water partition coefficient (Wildman–Crippen LogP) is 6.68. The van der Waals surface area contributed by atoms with Crippen LogP contribution < -0.4 is 20.1 Å². The molecule has 8 heteroatoms. The first-order valence-corrected chi connectivity index (χ1v) is 11.3. The molecule has 0 saturated heterocycles. The Morgan fingerprint density at radius 3 is 2.19 bits per heavy atom. The van der Waals surface area contributed by atoms with Gasteiger partial charge >= 0.3 is 12.0 Å². The smallest absolute Gasteiger partial charge is 0.339 e. The van der Waals surface area contributed by atoms with Crippen LogP contribution in [0.5, 0.6) is 17.2 Å². The van der Waals surface area contributed by atoms with Crippen molar-refractivity contribution in [3.8, 4) is 34.4 Å². The number of carbonyl (C=O) groups excluding carboxylic acids is 1. The fraction of sp³-hybridized carbons (Fsp3) is 0.0690. The number of nitrogens with zero attached hydrogens (tertiary/aromatic N) is 1. The van der Waals surface area contributed by atoms with Crippen LogP contribution >= 0.6 is 0 Å². The van der Waals surface area contributed by atoms with Crippen LogP contribution in [0.1, 0.15) is 21.5 Å². The molecule has 2 amide bonds. The molecule has 0 aromatic heterocycles. The zero-order chi connectivity index (χ0) is 26.4. The summed E-state index contributed by atoms with van der Waals surface area (Å²) in [5.41, 5.74) is 3.57. The third-order valence-corrected chi connectivity index (χ3v) is 5.53. The number of hydrogen-bond acceptors (Lipinski definition) is 5. The van der Waals surface area contributed by atoms with E-state index in [1.165, 1.54) is 13.2 Å². The minimum atomic E-state index is -1.12. The van der Waals surface area contributed by atoms with Crippen molar-refractivity contribution >= 4 is 23.4 Å². The largest absolute Gasteiger partial charge is 0.496 e. The number of ether oxygens (including phenoxy) is 2. The zero-order valence-corrected chi connectivity index (χ0v) is 20.1. The van der Waals surface area contributed by atoms with Crippen LogP contribution in [0, 0.1) is 18.3 Å². The topological polar surface area (TPSA) is 121 Å². The van der Waals surface area contributed by atoms with Gasteiger partial charge in [0.1, 0.15) is 23.1 Å². The Hall–Kier alpha value is -5.29. The lowest BCUT2D eigenvalue weighted by atomic mass is 10.0. The number of carboxylic acids is 1. The van der Waals surface area contributed by atoms with Gasteiger partial charge in [-0.25, -0.2) is 9.59 Å². The second-order valence-electron chi connectivity index (χ2n) is 8.09. The van der Waals surface area contributed by atoms with Gasteiger partial charge in [-0.05, 0) is 66.6 Å². The lowest BCUT2D eigenvalue weighted by Gasteiger charge is -2.16. The quantitative estimate of drug-likeness (QED) is 0.264. The van der Waals surface area contributed by atoms with Gasteiger partial charge in [-0.15, -0.1) is 0 Å². The van der Waals surface area contributed by atoms with Crippen molar-refractivity contribution in [2.24, 2.45) is 0 Å². The summed E-state index contributed by atoms with van der Waals surface area (Å²) in [5, 5.41) is 24.6. The molecule has 0 fully saturated rings. The molecule has 0 heterocycles. The minimum Gasteiger partial charge on any atom is -0.496 e. The highest BCUT2D eigenvalue weighted by Gasteiger charge is 2.16. The number of nitriles is 1. The molecule has 4 rings (SSSR count). The normalized spacial score (nSPS) is 10.2. The van der Waals surface area contributed by atoms with Crippen LogP contribution in [-0.4, -0.2) is 24.2 Å². The number of nitrogens with one attached hydrogen (secondary N) is 2. The van der Waals surface area contributed by atoms with Gasteiger partial charge in [0, 0.05) is 5.69 Å². The lowest BCUT2D eigenvalue weighted by molar-refractivity contribution is 0.0693. The number of aromatic carboxylic acids is 1. The van der Waals surface area contributed by atoms with Gasteiger partial charge in [0.05, 0.1) is 18.4 Å². The molecule has 0 radical (unpaired) electrons. The first kappa shape index (κ1) is 24.8. The highest BCUT2D eigenvalue weighted by molar-refractivity contribution is 6.01. The number of carboxylic acid groups (broad SMARTS) is 1. The van der Waals surface area contributed by atoms with Crippen LogP contribution in [0.25, 0.3) is 11.1 Å². The van der Waals surface area contributed by atoms with Crippen LogP contribution in [0.15, 0.2) is 84.9 Å². The van der Waals surface area contributed by atoms with Crippen molar-refractivity contribution in [2.45, 2.75) is 6.92 Å². The third kappa shape index (κ3) is 5.86. The van der Waals surface area contributed by atoms with Crippen molar-refractivity contribution in [2.75, 3.05) is 17.7 Å². The summed E-state index contributed by atoms with van der Waals surface area (Å²) >= 11 is 0. The first-order chi connectivity index (χ1) is 17.9. The highest BCUT2D eigenvalue weighted by atomic mass is 16.5. The minimum absolute atomic E-state index is 0.00916. The molecule has 8 nitrogen and oxygen atoms in total. The molecule has 0 bridgehead atoms. The number of aryl methyl sites for hydroxylation is 1. The Bertz CT molecular complexity index is 1510. The number of amides is 2. The SMILES string of the molecule is COc1ccc(-c2ccc(Oc3ccccc3C#N)c(NC(=O)Nc3ccc(C)cc3)c2)cc1C(=O)O. The lowest BCUT2D eigenvalue weighted by Crippen LogP contribution is -2.19. The van der Waals surface area contributed by atoms with Gasteiger partial charge < -0.3 is 25.2 Å². The summed E-state index contributed by atoms with van der Waals surface area (Å²) in [6, 6.07) is 25.5. The van der Waals surface area contributed by atoms with Gasteiger partial charge in [-0.3, -0.25) is 0 Å². The molecule has 0 aliphatic heterocycles. The molecule has 0 spiro atoms. The molecule has 4 aromatic rings. The van der Waals surface area contributed by atoms with Crippen LogP contribution in [0.2, 0.25) is 0 Å². The maximum Gasteiger partial charge on any atom is 0.339 e. The van der Waals surface area contributed by atoms with E-state index in [4.69, 9.17) is 9.47 Å². The molecule has 37 heavy (non-hydrogen) atoms. The van der Waals surface area contributed by atoms with Crippen molar-refractivity contribution in [3.63, 3.8) is 0 Å². The van der Waals surface area contributed by atoms with Crippen LogP contribution in [0.3, 0.4) is 0 Å². The van der Waals surface area contributed by atoms with E-state index in [1.54, 1.807) is 66.7 Å². The fourth-order valence-corrected chi connectivity index (χ4v) is 3.64. The molecule has 0 saturated carbocycles. The summed E-state index contributed by atoms with van der Waals surface area (Å²) in [5.74, 6) is -0.252.